The van der Waals surface area contributed by atoms with E-state index in [-0.39, 0.29) is 47.2 Å². The van der Waals surface area contributed by atoms with Gasteiger partial charge >= 0.3 is 41.7 Å². The molecule has 2 heteroatoms. The van der Waals surface area contributed by atoms with Gasteiger partial charge in [-0.2, -0.15) is 27.7 Å². The van der Waals surface area contributed by atoms with E-state index >= 15 is 0 Å². The molecule has 0 aliphatic carbocycles. The molecular formula is C8H22CeO. The average molecular weight is 274 g/mol. The summed E-state index contributed by atoms with van der Waals surface area (Å²) in [6.07, 6.45) is 0. The van der Waals surface area contributed by atoms with Gasteiger partial charge in [0.1, 0.15) is 0 Å². The number of rotatable bonds is 0. The Bertz CT molecular complexity index is 9.22. The fraction of sp³-hybridized carbons (Fsp3) is 0.500. The molecule has 0 aromatic heterocycles. The quantitative estimate of drug-likeness (QED) is 0.608. The van der Waals surface area contributed by atoms with Gasteiger partial charge in [-0.25, -0.2) is 0 Å². The molecule has 0 rings (SSSR count). The van der Waals surface area contributed by atoms with E-state index in [1.165, 1.54) is 0 Å². The third-order valence-electron chi connectivity index (χ3n) is 0. The Morgan fingerprint density at radius 3 is 0.500 bits per heavy atom. The van der Waals surface area contributed by atoms with Gasteiger partial charge in [-0.05, 0) is 0 Å². The van der Waals surface area contributed by atoms with Crippen molar-refractivity contribution < 1.29 is 47.2 Å². The van der Waals surface area contributed by atoms with Crippen LogP contribution in [0, 0.1) is 69.4 Å². The van der Waals surface area contributed by atoms with Gasteiger partial charge < -0.3 is 33.2 Å². The van der Waals surface area contributed by atoms with Crippen molar-refractivity contribution in [2.75, 3.05) is 0 Å². The van der Waals surface area contributed by atoms with Crippen LogP contribution >= 0.6 is 0 Å². The van der Waals surface area contributed by atoms with E-state index in [0.717, 1.165) is 0 Å². The largest absolute Gasteiger partial charge is 4.00 e. The van der Waals surface area contributed by atoms with Gasteiger partial charge in [-0.15, -0.1) is 0 Å². The topological polar surface area (TPSA) is 31.5 Å². The first-order valence-corrected chi connectivity index (χ1v) is 2.83. The molecular weight excluding hydrogens is 252 g/mol. The van der Waals surface area contributed by atoms with Gasteiger partial charge in [0.25, 0.3) is 0 Å². The standard InChI is InChI=1S/4C2H5.Ce.H2O/c4*1-2;;/h4*1H2,2H3;;1H2/q4*-1;+4;. The van der Waals surface area contributed by atoms with Crippen molar-refractivity contribution in [3.05, 3.63) is 27.7 Å². The summed E-state index contributed by atoms with van der Waals surface area (Å²) in [4.78, 5) is 0. The van der Waals surface area contributed by atoms with E-state index in [2.05, 4.69) is 27.7 Å². The van der Waals surface area contributed by atoms with Crippen LogP contribution in [-0.4, -0.2) is 5.48 Å². The molecule has 0 heterocycles. The molecule has 0 aliphatic heterocycles. The molecule has 0 spiro atoms. The Kier molecular flexibility index (Phi) is 2150. The number of hydrogen-bond acceptors (Lipinski definition) is 0. The zero-order valence-electron chi connectivity index (χ0n) is 7.83. The van der Waals surface area contributed by atoms with E-state index < -0.39 is 0 Å². The molecule has 0 radical (unpaired) electrons. The first-order chi connectivity index (χ1) is 4.00. The van der Waals surface area contributed by atoms with Gasteiger partial charge in [0, 0.05) is 0 Å². The van der Waals surface area contributed by atoms with Crippen LogP contribution in [0.15, 0.2) is 0 Å². The van der Waals surface area contributed by atoms with Crippen molar-refractivity contribution in [2.24, 2.45) is 0 Å². The van der Waals surface area contributed by atoms with E-state index in [4.69, 9.17) is 0 Å². The Morgan fingerprint density at radius 2 is 0.500 bits per heavy atom. The fourth-order valence-corrected chi connectivity index (χ4v) is 0. The third-order valence-corrected chi connectivity index (χ3v) is 0. The van der Waals surface area contributed by atoms with E-state index in [1.807, 2.05) is 0 Å². The second-order valence-electron chi connectivity index (χ2n) is 0. The van der Waals surface area contributed by atoms with Gasteiger partial charge in [-0.3, -0.25) is 0 Å². The Balaban J connectivity index is -0.00000000500. The van der Waals surface area contributed by atoms with Crippen LogP contribution in [0.5, 0.6) is 0 Å². The summed E-state index contributed by atoms with van der Waals surface area (Å²) < 4.78 is 0. The molecule has 64 valence electrons. The SMILES string of the molecule is O.[CH2-]C.[CH2-]C.[CH2-]C.[CH2-]C.[Ce+4]. The molecule has 0 saturated carbocycles. The molecule has 0 saturated heterocycles. The zero-order chi connectivity index (χ0) is 8.00. The van der Waals surface area contributed by atoms with E-state index in [1.54, 1.807) is 27.7 Å². The van der Waals surface area contributed by atoms with Crippen molar-refractivity contribution >= 4 is 0 Å². The summed E-state index contributed by atoms with van der Waals surface area (Å²) in [6.45, 7) is 20.0. The average Bonchev–Trinajstić information content (AvgIpc) is 2.03. The zero-order valence-corrected chi connectivity index (χ0v) is 11.0. The summed E-state index contributed by atoms with van der Waals surface area (Å²) in [6, 6.07) is 0. The molecule has 0 atom stereocenters. The van der Waals surface area contributed by atoms with Gasteiger partial charge in [0.15, 0.2) is 0 Å². The molecule has 0 aromatic carbocycles. The maximum Gasteiger partial charge on any atom is 4.00 e. The van der Waals surface area contributed by atoms with E-state index in [0.29, 0.717) is 0 Å². The predicted octanol–water partition coefficient (Wildman–Crippen LogP) is 2.54. The molecule has 0 bridgehead atoms. The second-order valence-corrected chi connectivity index (χ2v) is 0. The van der Waals surface area contributed by atoms with Crippen molar-refractivity contribution in [3.63, 3.8) is 0 Å². The Morgan fingerprint density at radius 1 is 0.500 bits per heavy atom. The van der Waals surface area contributed by atoms with Crippen LogP contribution in [0.2, 0.25) is 0 Å². The molecule has 10 heavy (non-hydrogen) atoms. The summed E-state index contributed by atoms with van der Waals surface area (Å²) in [5, 5.41) is 0. The third kappa shape index (κ3) is 363. The van der Waals surface area contributed by atoms with Crippen LogP contribution in [0.3, 0.4) is 0 Å². The van der Waals surface area contributed by atoms with Gasteiger partial charge in [0.2, 0.25) is 0 Å². The predicted molar refractivity (Wildman–Crippen MR) is 47.7 cm³/mol. The van der Waals surface area contributed by atoms with Crippen LogP contribution in [-0.2, 0) is 0 Å². The minimum atomic E-state index is 0. The summed E-state index contributed by atoms with van der Waals surface area (Å²) in [5.74, 6) is 0. The van der Waals surface area contributed by atoms with Crippen molar-refractivity contribution in [2.45, 2.75) is 27.7 Å². The normalized spacial score (nSPS) is 2.40. The first kappa shape index (κ1) is 42.5. The van der Waals surface area contributed by atoms with Crippen molar-refractivity contribution in [3.8, 4) is 0 Å². The Hall–Kier alpha value is 1.34. The Labute approximate surface area is 102 Å². The van der Waals surface area contributed by atoms with Gasteiger partial charge in [0.05, 0.1) is 0 Å². The first-order valence-electron chi connectivity index (χ1n) is 2.83. The van der Waals surface area contributed by atoms with Crippen molar-refractivity contribution in [1.82, 2.24) is 0 Å². The molecule has 0 unspecified atom stereocenters. The molecule has 0 fully saturated rings. The van der Waals surface area contributed by atoms with Crippen LogP contribution in [0.25, 0.3) is 0 Å². The smallest absolute Gasteiger partial charge is 0.412 e. The molecule has 0 aliphatic rings. The molecule has 1 nitrogen and oxygen atoms in total. The minimum absolute atomic E-state index is 0. The summed E-state index contributed by atoms with van der Waals surface area (Å²) >= 11 is 0. The maximum absolute atomic E-state index is 3.25. The van der Waals surface area contributed by atoms with E-state index in [9.17, 15) is 0 Å². The monoisotopic (exact) mass is 274 g/mol. The van der Waals surface area contributed by atoms with Crippen LogP contribution in [0.4, 0.5) is 0 Å². The van der Waals surface area contributed by atoms with Crippen LogP contribution < -0.4 is 0 Å². The minimum Gasteiger partial charge on any atom is -0.412 e. The maximum atomic E-state index is 3.25. The number of hydrogen-bond donors (Lipinski definition) is 0. The summed E-state index contributed by atoms with van der Waals surface area (Å²) in [5.41, 5.74) is 0. The molecule has 2 N–H and O–H groups in total. The van der Waals surface area contributed by atoms with Crippen LogP contribution in [0.1, 0.15) is 27.7 Å². The fourth-order valence-electron chi connectivity index (χ4n) is 0. The second kappa shape index (κ2) is 504. The van der Waals surface area contributed by atoms with Gasteiger partial charge in [-0.1, -0.05) is 0 Å². The molecule has 0 aromatic rings. The summed E-state index contributed by atoms with van der Waals surface area (Å²) in [7, 11) is 0. The molecule has 0 amide bonds. The van der Waals surface area contributed by atoms with Crippen molar-refractivity contribution in [1.29, 1.82) is 0 Å².